The molecule has 0 radical (unpaired) electrons. The second-order valence-corrected chi connectivity index (χ2v) is 23.1. The lowest BCUT2D eigenvalue weighted by atomic mass is 10.00. The van der Waals surface area contributed by atoms with Crippen molar-refractivity contribution in [2.75, 3.05) is 0 Å². The average molecular weight is 673 g/mol. The molecular weight excluding hydrogens is 634 g/mol. The molecule has 0 aliphatic rings. The van der Waals surface area contributed by atoms with Gasteiger partial charge in [0, 0.05) is 28.3 Å². The molecule has 49 heavy (non-hydrogen) atoms. The summed E-state index contributed by atoms with van der Waals surface area (Å²) in [6.45, 7) is 9.27. The van der Waals surface area contributed by atoms with Crippen LogP contribution < -0.4 is 30.5 Å². The van der Waals surface area contributed by atoms with Crippen LogP contribution in [0.15, 0.2) is 150 Å². The molecule has 0 N–H and O–H groups in total. The Kier molecular flexibility index (Phi) is 7.50. The highest BCUT2D eigenvalue weighted by Gasteiger charge is 2.43. The maximum atomic E-state index is 17.3. The SMILES string of the molecule is Cc1ccc2c(oc3c4cc(F)c([Si](c5ccccc5)(c5ccccc5)c5ccccc5)cc4ccc23)c1-c1cc([Si](C)(C)C)cc[n+]1C. The molecule has 0 fully saturated rings. The molecule has 0 saturated carbocycles. The van der Waals surface area contributed by atoms with Gasteiger partial charge in [0.1, 0.15) is 24.0 Å². The van der Waals surface area contributed by atoms with Crippen LogP contribution in [0.5, 0.6) is 0 Å². The first-order valence-electron chi connectivity index (χ1n) is 16.9. The third-order valence-electron chi connectivity index (χ3n) is 10.2. The van der Waals surface area contributed by atoms with Gasteiger partial charge in [0.2, 0.25) is 5.69 Å². The number of aromatic nitrogens is 1. The van der Waals surface area contributed by atoms with Crippen LogP contribution in [0.1, 0.15) is 5.56 Å². The first-order chi connectivity index (χ1) is 23.7. The summed E-state index contributed by atoms with van der Waals surface area (Å²) < 4.78 is 26.3. The molecule has 240 valence electrons. The van der Waals surface area contributed by atoms with Gasteiger partial charge in [-0.3, -0.25) is 0 Å². The molecule has 0 bridgehead atoms. The van der Waals surface area contributed by atoms with E-state index in [4.69, 9.17) is 4.42 Å². The van der Waals surface area contributed by atoms with Gasteiger partial charge in [-0.15, -0.1) is 0 Å². The van der Waals surface area contributed by atoms with Crippen LogP contribution in [0.2, 0.25) is 19.6 Å². The maximum absolute atomic E-state index is 17.3. The third-order valence-corrected chi connectivity index (χ3v) is 17.0. The number of nitrogens with zero attached hydrogens (tertiary/aromatic N) is 1. The molecule has 0 aliphatic heterocycles. The van der Waals surface area contributed by atoms with Crippen LogP contribution in [0.3, 0.4) is 0 Å². The number of benzene rings is 6. The lowest BCUT2D eigenvalue weighted by Gasteiger charge is -2.34. The summed E-state index contributed by atoms with van der Waals surface area (Å²) in [6, 6.07) is 48.5. The molecule has 0 saturated heterocycles. The summed E-state index contributed by atoms with van der Waals surface area (Å²) in [5.41, 5.74) is 4.93. The van der Waals surface area contributed by atoms with Crippen LogP contribution >= 0.6 is 0 Å². The van der Waals surface area contributed by atoms with E-state index in [0.717, 1.165) is 70.3 Å². The van der Waals surface area contributed by atoms with E-state index < -0.39 is 16.1 Å². The normalized spacial score (nSPS) is 12.3. The van der Waals surface area contributed by atoms with Crippen molar-refractivity contribution in [2.24, 2.45) is 7.05 Å². The van der Waals surface area contributed by atoms with E-state index in [1.165, 1.54) is 5.19 Å². The molecule has 2 nitrogen and oxygen atoms in total. The zero-order chi connectivity index (χ0) is 33.9. The summed E-state index contributed by atoms with van der Waals surface area (Å²) in [4.78, 5) is 0. The number of rotatable bonds is 6. The van der Waals surface area contributed by atoms with Crippen molar-refractivity contribution in [1.29, 1.82) is 0 Å². The molecule has 2 aromatic heterocycles. The van der Waals surface area contributed by atoms with Gasteiger partial charge in [-0.05, 0) is 55.9 Å². The van der Waals surface area contributed by atoms with Gasteiger partial charge in [0.15, 0.2) is 14.3 Å². The van der Waals surface area contributed by atoms with E-state index >= 15 is 4.39 Å². The largest absolute Gasteiger partial charge is 0.454 e. The van der Waals surface area contributed by atoms with E-state index in [0.29, 0.717) is 0 Å². The van der Waals surface area contributed by atoms with Crippen LogP contribution in [0, 0.1) is 12.7 Å². The molecule has 0 atom stereocenters. The van der Waals surface area contributed by atoms with Gasteiger partial charge in [-0.25, -0.2) is 8.96 Å². The Hall–Kier alpha value is -5.11. The van der Waals surface area contributed by atoms with E-state index in [1.807, 2.05) is 18.2 Å². The molecule has 5 heteroatoms. The van der Waals surface area contributed by atoms with Crippen molar-refractivity contribution in [3.63, 3.8) is 0 Å². The number of furan rings is 1. The Morgan fingerprint density at radius 1 is 0.571 bits per heavy atom. The number of halogens is 1. The predicted molar refractivity (Wildman–Crippen MR) is 209 cm³/mol. The second-order valence-electron chi connectivity index (χ2n) is 14.2. The lowest BCUT2D eigenvalue weighted by Crippen LogP contribution is -2.75. The van der Waals surface area contributed by atoms with Gasteiger partial charge < -0.3 is 4.42 Å². The van der Waals surface area contributed by atoms with Crippen LogP contribution in [0.4, 0.5) is 4.39 Å². The van der Waals surface area contributed by atoms with Gasteiger partial charge in [-0.2, -0.15) is 0 Å². The Morgan fingerprint density at radius 2 is 1.12 bits per heavy atom. The molecule has 0 spiro atoms. The molecule has 6 aromatic carbocycles. The summed E-state index contributed by atoms with van der Waals surface area (Å²) in [5.74, 6) is -0.214. The van der Waals surface area contributed by atoms with Crippen molar-refractivity contribution in [1.82, 2.24) is 0 Å². The molecule has 8 rings (SSSR count). The van der Waals surface area contributed by atoms with Gasteiger partial charge in [-0.1, -0.05) is 135 Å². The van der Waals surface area contributed by atoms with Crippen LogP contribution in [0.25, 0.3) is 44.0 Å². The van der Waals surface area contributed by atoms with Crippen molar-refractivity contribution in [3.05, 3.63) is 157 Å². The van der Waals surface area contributed by atoms with Crippen LogP contribution in [-0.4, -0.2) is 16.1 Å². The maximum Gasteiger partial charge on any atom is 0.216 e. The molecule has 0 unspecified atom stereocenters. The van der Waals surface area contributed by atoms with Crippen molar-refractivity contribution < 1.29 is 13.4 Å². The molecule has 2 heterocycles. The number of hydrogen-bond acceptors (Lipinski definition) is 1. The monoisotopic (exact) mass is 672 g/mol. The third kappa shape index (κ3) is 4.99. The zero-order valence-electron chi connectivity index (χ0n) is 28.6. The van der Waals surface area contributed by atoms with Crippen molar-refractivity contribution >= 4 is 74.8 Å². The number of aryl methyl sites for hydroxylation is 2. The molecule has 0 aliphatic carbocycles. The highest BCUT2D eigenvalue weighted by Crippen LogP contribution is 2.39. The lowest BCUT2D eigenvalue weighted by molar-refractivity contribution is -0.660. The van der Waals surface area contributed by atoms with Gasteiger partial charge >= 0.3 is 0 Å². The first-order valence-corrected chi connectivity index (χ1v) is 22.4. The Morgan fingerprint density at radius 3 is 1.69 bits per heavy atom. The van der Waals surface area contributed by atoms with Crippen molar-refractivity contribution in [2.45, 2.75) is 26.6 Å². The fourth-order valence-electron chi connectivity index (χ4n) is 7.66. The quantitative estimate of drug-likeness (QED) is 0.101. The second kappa shape index (κ2) is 11.8. The number of hydrogen-bond donors (Lipinski definition) is 0. The highest BCUT2D eigenvalue weighted by atomic mass is 28.3. The Balaban J connectivity index is 1.42. The summed E-state index contributed by atoms with van der Waals surface area (Å²) >= 11 is 0. The Bertz CT molecular complexity index is 2410. The highest BCUT2D eigenvalue weighted by molar-refractivity contribution is 7.20. The zero-order valence-corrected chi connectivity index (χ0v) is 30.6. The Labute approximate surface area is 289 Å². The minimum Gasteiger partial charge on any atom is -0.454 e. The van der Waals surface area contributed by atoms with E-state index in [9.17, 15) is 0 Å². The summed E-state index contributed by atoms with van der Waals surface area (Å²) in [7, 11) is -2.51. The predicted octanol–water partition coefficient (Wildman–Crippen LogP) is 7.60. The summed E-state index contributed by atoms with van der Waals surface area (Å²) in [6.07, 6.45) is 2.17. The molecule has 0 amide bonds. The summed E-state index contributed by atoms with van der Waals surface area (Å²) in [5, 5.41) is 9.36. The minimum atomic E-state index is -3.05. The van der Waals surface area contributed by atoms with E-state index in [2.05, 4.69) is 160 Å². The fraction of sp³-hybridized carbons (Fsp3) is 0.114. The first kappa shape index (κ1) is 31.2. The number of fused-ring (bicyclic) bond motifs is 5. The smallest absolute Gasteiger partial charge is 0.216 e. The molecule has 8 aromatic rings. The van der Waals surface area contributed by atoms with E-state index in [-0.39, 0.29) is 5.82 Å². The fourth-order valence-corrected chi connectivity index (χ4v) is 13.6. The van der Waals surface area contributed by atoms with Crippen LogP contribution in [-0.2, 0) is 7.05 Å². The average Bonchev–Trinajstić information content (AvgIpc) is 3.49. The number of pyridine rings is 1. The van der Waals surface area contributed by atoms with Gasteiger partial charge in [0.25, 0.3) is 0 Å². The molecular formula is C44H39FNOSi2+. The van der Waals surface area contributed by atoms with Crippen molar-refractivity contribution in [3.8, 4) is 11.3 Å². The van der Waals surface area contributed by atoms with E-state index in [1.54, 1.807) is 6.07 Å². The minimum absolute atomic E-state index is 0.214. The topological polar surface area (TPSA) is 17.0 Å². The van der Waals surface area contributed by atoms with Gasteiger partial charge in [0.05, 0.1) is 13.6 Å². The standard InChI is InChI=1S/C44H39FNOSi2/c1-30-21-23-37-36-24-22-31-27-41(49(32-15-9-6-10-16-32,33-17-11-7-12-18-33)34-19-13-8-14-20-34)39(45)29-38(31)43(36)47-44(37)42(30)40-28-35(48(3,4)5)25-26-46(40)2/h6-29H,1-5H3/q+1.